The summed E-state index contributed by atoms with van der Waals surface area (Å²) < 4.78 is 55.6. The quantitative estimate of drug-likeness (QED) is 0.271. The van der Waals surface area contributed by atoms with E-state index in [2.05, 4.69) is 15.7 Å². The Hall–Kier alpha value is -2.72. The lowest BCUT2D eigenvalue weighted by Crippen LogP contribution is -2.36. The molecular formula is C21H20F4N4OS. The highest BCUT2D eigenvalue weighted by molar-refractivity contribution is 7.98. The van der Waals surface area contributed by atoms with Crippen LogP contribution in [-0.4, -0.2) is 27.3 Å². The fraction of sp³-hybridized carbons (Fsp3) is 0.286. The molecule has 31 heavy (non-hydrogen) atoms. The summed E-state index contributed by atoms with van der Waals surface area (Å²) >= 11 is 1.48. The van der Waals surface area contributed by atoms with E-state index in [0.29, 0.717) is 11.3 Å². The maximum Gasteiger partial charge on any atom is 0.410 e. The third-order valence-corrected chi connectivity index (χ3v) is 6.03. The minimum atomic E-state index is -4.54. The van der Waals surface area contributed by atoms with Crippen molar-refractivity contribution in [1.29, 1.82) is 0 Å². The fourth-order valence-corrected chi connectivity index (χ4v) is 4.25. The summed E-state index contributed by atoms with van der Waals surface area (Å²) in [7, 11) is 0. The molecule has 2 heterocycles. The van der Waals surface area contributed by atoms with E-state index >= 15 is 0 Å². The number of anilines is 2. The number of aliphatic hydroxyl groups excluding tert-OH is 1. The molecule has 0 saturated carbocycles. The topological polar surface area (TPSA) is 62.1 Å². The Morgan fingerprint density at radius 2 is 1.90 bits per heavy atom. The number of hydrogen-bond donors (Lipinski definition) is 3. The van der Waals surface area contributed by atoms with E-state index in [-0.39, 0.29) is 17.8 Å². The molecule has 1 aliphatic rings. The van der Waals surface area contributed by atoms with E-state index in [4.69, 9.17) is 0 Å². The Balaban J connectivity index is 1.68. The van der Waals surface area contributed by atoms with Gasteiger partial charge in [-0.1, -0.05) is 24.3 Å². The van der Waals surface area contributed by atoms with Crippen LogP contribution in [0.3, 0.4) is 0 Å². The molecule has 5 nitrogen and oxygen atoms in total. The summed E-state index contributed by atoms with van der Waals surface area (Å²) in [4.78, 5) is 0.882. The van der Waals surface area contributed by atoms with Crippen LogP contribution in [0, 0.1) is 5.82 Å². The van der Waals surface area contributed by atoms with Gasteiger partial charge < -0.3 is 15.7 Å². The molecule has 0 bridgehead atoms. The summed E-state index contributed by atoms with van der Waals surface area (Å²) in [6, 6.07) is 10.0. The number of alkyl halides is 3. The number of aliphatic hydroxyl groups is 1. The molecule has 3 aromatic rings. The van der Waals surface area contributed by atoms with Crippen molar-refractivity contribution in [3.8, 4) is 0 Å². The number of halogens is 4. The Morgan fingerprint density at radius 3 is 2.58 bits per heavy atom. The van der Waals surface area contributed by atoms with Gasteiger partial charge in [0, 0.05) is 11.3 Å². The molecule has 0 aliphatic carbocycles. The van der Waals surface area contributed by atoms with Crippen LogP contribution in [0.1, 0.15) is 35.9 Å². The molecule has 164 valence electrons. The molecule has 0 radical (unpaired) electrons. The van der Waals surface area contributed by atoms with Gasteiger partial charge in [-0.25, -0.2) is 9.07 Å². The lowest BCUT2D eigenvalue weighted by molar-refractivity contribution is -0.173. The van der Waals surface area contributed by atoms with Gasteiger partial charge in [-0.15, -0.1) is 11.8 Å². The molecule has 4 rings (SSSR count). The molecule has 1 aliphatic heterocycles. The van der Waals surface area contributed by atoms with Gasteiger partial charge in [-0.05, 0) is 36.1 Å². The first-order valence-corrected chi connectivity index (χ1v) is 10.7. The van der Waals surface area contributed by atoms with Crippen molar-refractivity contribution in [3.05, 3.63) is 71.7 Å². The van der Waals surface area contributed by atoms with Gasteiger partial charge in [0.1, 0.15) is 11.6 Å². The molecule has 0 saturated heterocycles. The molecule has 3 atom stereocenters. The molecule has 0 fully saturated rings. The molecule has 0 unspecified atom stereocenters. The van der Waals surface area contributed by atoms with Crippen molar-refractivity contribution in [2.45, 2.75) is 35.8 Å². The zero-order chi connectivity index (χ0) is 22.2. The Labute approximate surface area is 180 Å². The number of nitrogens with one attached hydrogen (secondary N) is 2. The van der Waals surface area contributed by atoms with Crippen molar-refractivity contribution >= 4 is 23.3 Å². The number of para-hydroxylation sites is 1. The second-order valence-corrected chi connectivity index (χ2v) is 8.03. The summed E-state index contributed by atoms with van der Waals surface area (Å²) in [5, 5.41) is 20.7. The SMILES string of the molecule is CSc1ccccc1N[C@H](O)c1cnn2c1N[C@H](c1ccc(F)cc1)C[C@H]2C(F)(F)F. The monoisotopic (exact) mass is 452 g/mol. The van der Waals surface area contributed by atoms with Crippen LogP contribution in [0.25, 0.3) is 0 Å². The largest absolute Gasteiger partial charge is 0.410 e. The number of benzene rings is 2. The molecule has 3 N–H and O–H groups in total. The first-order valence-electron chi connectivity index (χ1n) is 9.51. The van der Waals surface area contributed by atoms with E-state index in [1.165, 1.54) is 42.2 Å². The van der Waals surface area contributed by atoms with Crippen LogP contribution in [0.15, 0.2) is 59.6 Å². The predicted octanol–water partition coefficient (Wildman–Crippen LogP) is 5.51. The fourth-order valence-electron chi connectivity index (χ4n) is 3.68. The first kappa shape index (κ1) is 21.5. The van der Waals surface area contributed by atoms with Gasteiger partial charge in [-0.2, -0.15) is 18.3 Å². The van der Waals surface area contributed by atoms with Crippen LogP contribution in [0.4, 0.5) is 29.1 Å². The van der Waals surface area contributed by atoms with Crippen LogP contribution >= 0.6 is 11.8 Å². The number of fused-ring (bicyclic) bond motifs is 1. The van der Waals surface area contributed by atoms with E-state index in [1.54, 1.807) is 12.1 Å². The van der Waals surface area contributed by atoms with Gasteiger partial charge in [0.25, 0.3) is 0 Å². The molecule has 1 aromatic heterocycles. The van der Waals surface area contributed by atoms with Crippen molar-refractivity contribution in [3.63, 3.8) is 0 Å². The van der Waals surface area contributed by atoms with Crippen molar-refractivity contribution in [2.75, 3.05) is 16.9 Å². The maximum atomic E-state index is 13.8. The predicted molar refractivity (Wildman–Crippen MR) is 112 cm³/mol. The third kappa shape index (κ3) is 4.35. The highest BCUT2D eigenvalue weighted by atomic mass is 32.2. The Bertz CT molecular complexity index is 1050. The normalized spacial score (nSPS) is 19.4. The van der Waals surface area contributed by atoms with Crippen molar-refractivity contribution in [2.24, 2.45) is 0 Å². The van der Waals surface area contributed by atoms with E-state index in [1.807, 2.05) is 18.4 Å². The van der Waals surface area contributed by atoms with Gasteiger partial charge in [0.05, 0.1) is 23.5 Å². The summed E-state index contributed by atoms with van der Waals surface area (Å²) in [5.41, 5.74) is 1.36. The zero-order valence-corrected chi connectivity index (χ0v) is 17.2. The highest BCUT2D eigenvalue weighted by Crippen LogP contribution is 2.45. The third-order valence-electron chi connectivity index (χ3n) is 5.23. The number of hydrogen-bond acceptors (Lipinski definition) is 5. The molecule has 0 spiro atoms. The van der Waals surface area contributed by atoms with E-state index < -0.39 is 30.3 Å². The van der Waals surface area contributed by atoms with Gasteiger partial charge in [0.2, 0.25) is 0 Å². The average molecular weight is 452 g/mol. The van der Waals surface area contributed by atoms with Crippen LogP contribution in [0.2, 0.25) is 0 Å². The van der Waals surface area contributed by atoms with Gasteiger partial charge in [0.15, 0.2) is 12.3 Å². The summed E-state index contributed by atoms with van der Waals surface area (Å²) in [5.74, 6) is -0.394. The van der Waals surface area contributed by atoms with Crippen LogP contribution in [0.5, 0.6) is 0 Å². The summed E-state index contributed by atoms with van der Waals surface area (Å²) in [6.45, 7) is 0. The Kier molecular flexibility index (Phi) is 5.85. The molecular weight excluding hydrogens is 432 g/mol. The highest BCUT2D eigenvalue weighted by Gasteiger charge is 2.47. The van der Waals surface area contributed by atoms with E-state index in [9.17, 15) is 22.7 Å². The first-order chi connectivity index (χ1) is 14.8. The second-order valence-electron chi connectivity index (χ2n) is 7.18. The Morgan fingerprint density at radius 1 is 1.19 bits per heavy atom. The van der Waals surface area contributed by atoms with Gasteiger partial charge >= 0.3 is 6.18 Å². The minimum absolute atomic E-state index is 0.0736. The van der Waals surface area contributed by atoms with Crippen molar-refractivity contribution < 1.29 is 22.7 Å². The van der Waals surface area contributed by atoms with Crippen LogP contribution in [-0.2, 0) is 0 Å². The van der Waals surface area contributed by atoms with Crippen LogP contribution < -0.4 is 10.6 Å². The number of rotatable bonds is 5. The smallest absolute Gasteiger partial charge is 0.369 e. The van der Waals surface area contributed by atoms with Gasteiger partial charge in [-0.3, -0.25) is 0 Å². The molecule has 2 aromatic carbocycles. The second kappa shape index (κ2) is 8.43. The zero-order valence-electron chi connectivity index (χ0n) is 16.4. The van der Waals surface area contributed by atoms with Crippen molar-refractivity contribution in [1.82, 2.24) is 9.78 Å². The molecule has 10 heteroatoms. The van der Waals surface area contributed by atoms with E-state index in [0.717, 1.165) is 9.58 Å². The minimum Gasteiger partial charge on any atom is -0.369 e. The lowest BCUT2D eigenvalue weighted by atomic mass is 9.96. The standard InChI is InChI=1S/C21H20F4N4OS/c1-31-17-5-3-2-4-15(17)28-20(30)14-11-26-29-18(21(23,24)25)10-16(27-19(14)29)12-6-8-13(22)9-7-12/h2-9,11,16,18,20,27-28,30H,10H2,1H3/t16-,18-,20+/m0/s1. The number of aromatic nitrogens is 2. The maximum absolute atomic E-state index is 13.8. The average Bonchev–Trinajstić information content (AvgIpc) is 3.17. The number of thioether (sulfide) groups is 1. The molecule has 0 amide bonds. The number of nitrogens with zero attached hydrogens (tertiary/aromatic N) is 2. The lowest BCUT2D eigenvalue weighted by Gasteiger charge is -2.34. The summed E-state index contributed by atoms with van der Waals surface area (Å²) in [6.07, 6.45) is -3.01.